The number of thiocarbonyl (C=S) groups is 1. The second-order valence-corrected chi connectivity index (χ2v) is 8.82. The van der Waals surface area contributed by atoms with Gasteiger partial charge in [-0.05, 0) is 31.6 Å². The highest BCUT2D eigenvalue weighted by atomic mass is 32.1. The number of nitrogens with zero attached hydrogens (tertiary/aromatic N) is 4. The van der Waals surface area contributed by atoms with Crippen LogP contribution in [0.5, 0.6) is 0 Å². The number of benzene rings is 1. The third kappa shape index (κ3) is 5.55. The first-order chi connectivity index (χ1) is 16.1. The molecular formula is C24H34N4O4S. The Bertz CT molecular complexity index is 853. The molecule has 1 aromatic rings. The number of rotatable bonds is 7. The molecule has 0 aromatic heterocycles. The molecule has 0 radical (unpaired) electrons. The van der Waals surface area contributed by atoms with E-state index in [1.54, 1.807) is 0 Å². The minimum atomic E-state index is -0.304. The number of esters is 1. The fourth-order valence-electron chi connectivity index (χ4n) is 4.57. The molecule has 3 aliphatic heterocycles. The quantitative estimate of drug-likeness (QED) is 0.436. The molecule has 3 heterocycles. The monoisotopic (exact) mass is 474 g/mol. The summed E-state index contributed by atoms with van der Waals surface area (Å²) in [6.07, 6.45) is 0. The topological polar surface area (TPSA) is 57.7 Å². The van der Waals surface area contributed by atoms with Gasteiger partial charge in [-0.3, -0.25) is 9.80 Å². The maximum absolute atomic E-state index is 13.3. The molecule has 0 saturated carbocycles. The Balaban J connectivity index is 1.74. The summed E-state index contributed by atoms with van der Waals surface area (Å²) in [5.41, 5.74) is 2.54. The maximum Gasteiger partial charge on any atom is 0.338 e. The van der Waals surface area contributed by atoms with E-state index in [0.29, 0.717) is 51.9 Å². The third-order valence-corrected chi connectivity index (χ3v) is 6.82. The van der Waals surface area contributed by atoms with Gasteiger partial charge in [-0.1, -0.05) is 30.3 Å². The van der Waals surface area contributed by atoms with Crippen molar-refractivity contribution in [2.24, 2.45) is 0 Å². The van der Waals surface area contributed by atoms with E-state index in [0.717, 1.165) is 42.6 Å². The zero-order chi connectivity index (χ0) is 23.2. The Kier molecular flexibility index (Phi) is 8.32. The summed E-state index contributed by atoms with van der Waals surface area (Å²) in [5, 5.41) is 0.729. The van der Waals surface area contributed by atoms with Crippen LogP contribution in [-0.4, -0.2) is 103 Å². The second kappa shape index (κ2) is 11.4. The van der Waals surface area contributed by atoms with Gasteiger partial charge in [0, 0.05) is 31.9 Å². The third-order valence-electron chi connectivity index (χ3n) is 6.37. The van der Waals surface area contributed by atoms with E-state index in [1.165, 1.54) is 0 Å². The Morgan fingerprint density at radius 3 is 2.15 bits per heavy atom. The number of morpholine rings is 2. The molecule has 180 valence electrons. The van der Waals surface area contributed by atoms with E-state index < -0.39 is 0 Å². The van der Waals surface area contributed by atoms with Crippen LogP contribution in [0.1, 0.15) is 25.5 Å². The standard InChI is InChI=1S/C24H34N4O4S/c1-3-32-23(29)21-19(2)27(17-25-9-13-30-14-10-25)24(33)28(18-26-11-15-31-16-12-26)22(21)20-7-5-4-6-8-20/h4-8,22H,3,9-18H2,1-2H3. The van der Waals surface area contributed by atoms with E-state index in [9.17, 15) is 4.79 Å². The van der Waals surface area contributed by atoms with Gasteiger partial charge < -0.3 is 24.0 Å². The average Bonchev–Trinajstić information content (AvgIpc) is 2.85. The SMILES string of the molecule is CCOC(=O)C1=C(C)N(CN2CCOCC2)C(=S)N(CN2CCOCC2)C1c1ccccc1. The Hall–Kier alpha value is -2.04. The van der Waals surface area contributed by atoms with Crippen LogP contribution >= 0.6 is 12.2 Å². The minimum absolute atomic E-state index is 0.287. The van der Waals surface area contributed by atoms with Gasteiger partial charge in [0.05, 0.1) is 58.0 Å². The number of carbonyl (C=O) groups is 1. The van der Waals surface area contributed by atoms with Crippen molar-refractivity contribution in [2.75, 3.05) is 72.6 Å². The van der Waals surface area contributed by atoms with Crippen LogP contribution in [0.15, 0.2) is 41.6 Å². The molecule has 0 amide bonds. The molecule has 0 bridgehead atoms. The van der Waals surface area contributed by atoms with Crippen molar-refractivity contribution in [3.05, 3.63) is 47.2 Å². The summed E-state index contributed by atoms with van der Waals surface area (Å²) >= 11 is 6.09. The molecule has 1 atom stereocenters. The molecule has 0 spiro atoms. The predicted octanol–water partition coefficient (Wildman–Crippen LogP) is 2.05. The largest absolute Gasteiger partial charge is 0.463 e. The molecule has 4 rings (SSSR count). The van der Waals surface area contributed by atoms with Crippen molar-refractivity contribution < 1.29 is 19.0 Å². The normalized spacial score (nSPS) is 23.2. The first-order valence-electron chi connectivity index (χ1n) is 11.7. The lowest BCUT2D eigenvalue weighted by Crippen LogP contribution is -2.57. The van der Waals surface area contributed by atoms with E-state index >= 15 is 0 Å². The summed E-state index contributed by atoms with van der Waals surface area (Å²) in [5.74, 6) is -0.287. The van der Waals surface area contributed by atoms with Crippen molar-refractivity contribution in [3.63, 3.8) is 0 Å². The first kappa shape index (κ1) is 24.1. The van der Waals surface area contributed by atoms with Crippen LogP contribution in [0.25, 0.3) is 0 Å². The van der Waals surface area contributed by atoms with Crippen LogP contribution in [0, 0.1) is 0 Å². The molecule has 2 saturated heterocycles. The van der Waals surface area contributed by atoms with Crippen molar-refractivity contribution in [1.29, 1.82) is 0 Å². The predicted molar refractivity (Wildman–Crippen MR) is 129 cm³/mol. The van der Waals surface area contributed by atoms with E-state index in [4.69, 9.17) is 26.4 Å². The molecule has 33 heavy (non-hydrogen) atoms. The van der Waals surface area contributed by atoms with Gasteiger partial charge in [-0.25, -0.2) is 4.79 Å². The highest BCUT2D eigenvalue weighted by Crippen LogP contribution is 2.38. The molecule has 0 aliphatic carbocycles. The summed E-state index contributed by atoms with van der Waals surface area (Å²) in [4.78, 5) is 22.2. The van der Waals surface area contributed by atoms with Crippen molar-refractivity contribution in [1.82, 2.24) is 19.6 Å². The highest BCUT2D eigenvalue weighted by molar-refractivity contribution is 7.80. The summed E-state index contributed by atoms with van der Waals surface area (Å²) in [6, 6.07) is 9.81. The van der Waals surface area contributed by atoms with Crippen LogP contribution in [0.2, 0.25) is 0 Å². The summed E-state index contributed by atoms with van der Waals surface area (Å²) < 4.78 is 16.6. The molecule has 2 fully saturated rings. The van der Waals surface area contributed by atoms with E-state index in [-0.39, 0.29) is 12.0 Å². The molecule has 3 aliphatic rings. The number of hydrogen-bond acceptors (Lipinski definition) is 7. The van der Waals surface area contributed by atoms with Gasteiger partial charge in [-0.2, -0.15) is 0 Å². The van der Waals surface area contributed by atoms with Crippen molar-refractivity contribution in [2.45, 2.75) is 19.9 Å². The van der Waals surface area contributed by atoms with Gasteiger partial charge in [0.15, 0.2) is 5.11 Å². The number of carbonyl (C=O) groups excluding carboxylic acids is 1. The lowest BCUT2D eigenvalue weighted by molar-refractivity contribution is -0.139. The Labute approximate surface area is 201 Å². The van der Waals surface area contributed by atoms with Gasteiger partial charge in [0.1, 0.15) is 0 Å². The number of allylic oxidation sites excluding steroid dienone is 1. The van der Waals surface area contributed by atoms with Crippen LogP contribution in [0.4, 0.5) is 0 Å². The van der Waals surface area contributed by atoms with Gasteiger partial charge in [0.25, 0.3) is 0 Å². The lowest BCUT2D eigenvalue weighted by atomic mass is 9.93. The average molecular weight is 475 g/mol. The van der Waals surface area contributed by atoms with Crippen molar-refractivity contribution in [3.8, 4) is 0 Å². The smallest absolute Gasteiger partial charge is 0.338 e. The molecule has 1 unspecified atom stereocenters. The maximum atomic E-state index is 13.3. The zero-order valence-electron chi connectivity index (χ0n) is 19.6. The highest BCUT2D eigenvalue weighted by Gasteiger charge is 2.41. The molecule has 9 heteroatoms. The van der Waals surface area contributed by atoms with E-state index in [2.05, 4.69) is 31.7 Å². The van der Waals surface area contributed by atoms with Gasteiger partial charge >= 0.3 is 5.97 Å². The van der Waals surface area contributed by atoms with Crippen LogP contribution < -0.4 is 0 Å². The Morgan fingerprint density at radius 1 is 1.00 bits per heavy atom. The Morgan fingerprint density at radius 2 is 1.58 bits per heavy atom. The lowest BCUT2D eigenvalue weighted by Gasteiger charge is -2.48. The molecule has 8 nitrogen and oxygen atoms in total. The van der Waals surface area contributed by atoms with Crippen LogP contribution in [0.3, 0.4) is 0 Å². The van der Waals surface area contributed by atoms with Gasteiger partial charge in [-0.15, -0.1) is 0 Å². The van der Waals surface area contributed by atoms with Crippen LogP contribution in [-0.2, 0) is 19.0 Å². The molecular weight excluding hydrogens is 440 g/mol. The number of ether oxygens (including phenoxy) is 3. The number of hydrogen-bond donors (Lipinski definition) is 0. The van der Waals surface area contributed by atoms with Crippen molar-refractivity contribution >= 4 is 23.3 Å². The fraction of sp³-hybridized carbons (Fsp3) is 0.583. The van der Waals surface area contributed by atoms with E-state index in [1.807, 2.05) is 32.0 Å². The molecule has 0 N–H and O–H groups in total. The summed E-state index contributed by atoms with van der Waals surface area (Å²) in [7, 11) is 0. The zero-order valence-corrected chi connectivity index (χ0v) is 20.4. The minimum Gasteiger partial charge on any atom is -0.463 e. The fourth-order valence-corrected chi connectivity index (χ4v) is 4.93. The second-order valence-electron chi connectivity index (χ2n) is 8.46. The van der Waals surface area contributed by atoms with Gasteiger partial charge in [0.2, 0.25) is 0 Å². The summed E-state index contributed by atoms with van der Waals surface area (Å²) in [6.45, 7) is 11.6. The first-order valence-corrected chi connectivity index (χ1v) is 12.1. The molecule has 1 aromatic carbocycles.